The molecule has 6 aliphatic heterocycles. The van der Waals surface area contributed by atoms with E-state index < -0.39 is 21.4 Å². The Morgan fingerprint density at radius 1 is 1.02 bits per heavy atom. The molecule has 8 heterocycles. The number of amides is 2. The Hall–Kier alpha value is -4.07. The first-order valence-corrected chi connectivity index (χ1v) is 18.0. The van der Waals surface area contributed by atoms with Gasteiger partial charge in [0.15, 0.2) is 0 Å². The van der Waals surface area contributed by atoms with Gasteiger partial charge < -0.3 is 29.6 Å². The zero-order chi connectivity index (χ0) is 34.1. The van der Waals surface area contributed by atoms with Gasteiger partial charge in [0.2, 0.25) is 15.9 Å². The second-order valence-corrected chi connectivity index (χ2v) is 14.8. The van der Waals surface area contributed by atoms with Crippen LogP contribution in [0.4, 0.5) is 24.5 Å². The van der Waals surface area contributed by atoms with Gasteiger partial charge in [-0.3, -0.25) is 9.59 Å². The molecule has 256 valence electrons. The highest BCUT2D eigenvalue weighted by Gasteiger charge is 2.35. The van der Waals surface area contributed by atoms with Crippen LogP contribution in [-0.4, -0.2) is 98.1 Å². The number of hydrogen-bond donors (Lipinski definition) is 3. The number of anilines is 2. The van der Waals surface area contributed by atoms with Crippen LogP contribution in [0.5, 0.6) is 5.75 Å². The van der Waals surface area contributed by atoms with E-state index in [2.05, 4.69) is 27.2 Å². The Morgan fingerprint density at radius 2 is 1.81 bits per heavy atom. The molecule has 0 saturated carbocycles. The zero-order valence-corrected chi connectivity index (χ0v) is 27.7. The number of alkyl halides is 3. The minimum atomic E-state index is -4.54. The first-order valence-electron chi connectivity index (χ1n) is 15.5. The van der Waals surface area contributed by atoms with Crippen molar-refractivity contribution in [1.82, 2.24) is 18.9 Å². The summed E-state index contributed by atoms with van der Waals surface area (Å²) in [7, 11) is -2.58. The maximum absolute atomic E-state index is 13.7. The van der Waals surface area contributed by atoms with Crippen LogP contribution in [0.3, 0.4) is 0 Å². The second-order valence-electron chi connectivity index (χ2n) is 11.9. The molecule has 3 aromatic rings. The number of carbonyl (C=O) groups excluding carboxylic acids is 2. The van der Waals surface area contributed by atoms with Gasteiger partial charge in [0.25, 0.3) is 5.91 Å². The van der Waals surface area contributed by atoms with Crippen molar-refractivity contribution in [1.29, 1.82) is 0 Å². The lowest BCUT2D eigenvalue weighted by Crippen LogP contribution is -2.45. The molecule has 0 radical (unpaired) electrons. The van der Waals surface area contributed by atoms with Crippen LogP contribution in [0.15, 0.2) is 47.6 Å². The van der Waals surface area contributed by atoms with E-state index in [0.717, 1.165) is 0 Å². The van der Waals surface area contributed by atoms with Crippen molar-refractivity contribution in [3.05, 3.63) is 53.7 Å². The Balaban J connectivity index is 1.31. The van der Waals surface area contributed by atoms with E-state index in [-0.39, 0.29) is 70.4 Å². The van der Waals surface area contributed by atoms with E-state index in [9.17, 15) is 31.2 Å². The molecule has 2 aromatic heterocycles. The summed E-state index contributed by atoms with van der Waals surface area (Å²) in [5.74, 6) is 4.67. The molecule has 2 atom stereocenters. The van der Waals surface area contributed by atoms with Crippen LogP contribution >= 0.6 is 11.8 Å². The summed E-state index contributed by atoms with van der Waals surface area (Å²) in [4.78, 5) is 30.0. The van der Waals surface area contributed by atoms with Crippen molar-refractivity contribution < 1.29 is 35.9 Å². The molecule has 9 rings (SSSR count). The van der Waals surface area contributed by atoms with Crippen molar-refractivity contribution in [2.75, 3.05) is 62.8 Å². The highest BCUT2D eigenvalue weighted by Crippen LogP contribution is 2.41. The molecule has 11 nitrogen and oxygen atoms in total. The van der Waals surface area contributed by atoms with E-state index in [1.54, 1.807) is 18.3 Å². The number of halogens is 3. The van der Waals surface area contributed by atoms with Gasteiger partial charge in [-0.1, -0.05) is 11.8 Å². The Labute approximate surface area is 280 Å². The van der Waals surface area contributed by atoms with Gasteiger partial charge in [-0.2, -0.15) is 13.2 Å². The van der Waals surface area contributed by atoms with Crippen molar-refractivity contribution in [2.45, 2.75) is 35.8 Å². The largest absolute Gasteiger partial charge is 0.495 e. The number of piperidine rings is 1. The topological polar surface area (TPSA) is 124 Å². The molecule has 2 saturated heterocycles. The first-order chi connectivity index (χ1) is 22.9. The number of nitrogens with one attached hydrogen (secondary N) is 3. The number of ether oxygens (including phenoxy) is 1. The summed E-state index contributed by atoms with van der Waals surface area (Å²) in [6.45, 7) is 2.29. The number of methoxy groups -OCH3 is 1. The number of sulfonamides is 1. The van der Waals surface area contributed by atoms with E-state index in [1.165, 1.54) is 29.7 Å². The molecule has 6 aliphatic rings. The van der Waals surface area contributed by atoms with E-state index in [4.69, 9.17) is 4.74 Å². The van der Waals surface area contributed by atoms with Gasteiger partial charge in [0.05, 0.1) is 47.8 Å². The lowest BCUT2D eigenvalue weighted by Gasteiger charge is -2.34. The molecule has 2 fully saturated rings. The van der Waals surface area contributed by atoms with Crippen LogP contribution in [0.1, 0.15) is 35.2 Å². The minimum absolute atomic E-state index is 0.00743. The molecule has 2 amide bonds. The Morgan fingerprint density at radius 3 is 2.56 bits per heavy atom. The number of thioether (sulfide) groups is 1. The van der Waals surface area contributed by atoms with Crippen LogP contribution in [0, 0.1) is 17.8 Å². The minimum Gasteiger partial charge on any atom is -0.495 e. The molecule has 1 unspecified atom stereocenters. The predicted octanol–water partition coefficient (Wildman–Crippen LogP) is 3.82. The van der Waals surface area contributed by atoms with Crippen LogP contribution < -0.4 is 20.1 Å². The van der Waals surface area contributed by atoms with Gasteiger partial charge in [0.1, 0.15) is 10.8 Å². The third-order valence-electron chi connectivity index (χ3n) is 8.74. The van der Waals surface area contributed by atoms with Crippen molar-refractivity contribution in [3.63, 3.8) is 0 Å². The normalized spacial score (nSPS) is 23.3. The molecule has 8 bridgehead atoms. The van der Waals surface area contributed by atoms with Crippen LogP contribution in [0.25, 0.3) is 5.52 Å². The standard InChI is InChI=1S/C32H35F3N6O5S2/c1-46-28-19-21-6-7-26(28)36-11-2-4-22-18-27-25(5-3-12-41(27)31(22)47-32(33,34)35)37-24-9-14-40(15-10-24)30(43)23-8-13-39(20-23)16-17-48(44,45)38-29(21)42/h3,5-7,12,18-19,23-24,36-37H,8-11,13-17,20H2,1H3,(H,38,42)/t23-/m1/s1. The summed E-state index contributed by atoms with van der Waals surface area (Å²) in [5.41, 5.74) is -2.58. The van der Waals surface area contributed by atoms with Gasteiger partial charge in [0, 0.05) is 55.7 Å². The number of carbonyl (C=O) groups is 2. The molecule has 1 aromatic carbocycles. The molecule has 48 heavy (non-hydrogen) atoms. The lowest BCUT2D eigenvalue weighted by atomic mass is 10.0. The fraction of sp³-hybridized carbons (Fsp3) is 0.438. The van der Waals surface area contributed by atoms with Crippen LogP contribution in [-0.2, 0) is 14.8 Å². The van der Waals surface area contributed by atoms with Gasteiger partial charge in [-0.15, -0.1) is 0 Å². The monoisotopic (exact) mass is 704 g/mol. The van der Waals surface area contributed by atoms with Gasteiger partial charge in [-0.05, 0) is 62.2 Å². The number of aromatic nitrogens is 1. The van der Waals surface area contributed by atoms with Crippen molar-refractivity contribution in [2.24, 2.45) is 5.92 Å². The third-order valence-corrected chi connectivity index (χ3v) is 10.8. The predicted molar refractivity (Wildman–Crippen MR) is 177 cm³/mol. The summed E-state index contributed by atoms with van der Waals surface area (Å²) in [6.07, 6.45) is 3.52. The average Bonchev–Trinajstić information content (AvgIpc) is 3.66. The highest BCUT2D eigenvalue weighted by molar-refractivity contribution is 8.00. The fourth-order valence-corrected chi connectivity index (χ4v) is 8.01. The maximum Gasteiger partial charge on any atom is 0.447 e. The quantitative estimate of drug-likeness (QED) is 0.270. The first kappa shape index (κ1) is 33.8. The number of hydrogen-bond acceptors (Lipinski definition) is 9. The van der Waals surface area contributed by atoms with Crippen molar-refractivity contribution in [3.8, 4) is 17.6 Å². The lowest BCUT2D eigenvalue weighted by molar-refractivity contribution is -0.136. The number of nitrogens with zero attached hydrogens (tertiary/aromatic N) is 3. The van der Waals surface area contributed by atoms with E-state index in [1.807, 2.05) is 15.9 Å². The molecule has 16 heteroatoms. The van der Waals surface area contributed by atoms with Crippen molar-refractivity contribution >= 4 is 50.5 Å². The summed E-state index contributed by atoms with van der Waals surface area (Å²) in [5, 5.41) is 6.48. The van der Waals surface area contributed by atoms with Crippen LogP contribution in [0.2, 0.25) is 0 Å². The second kappa shape index (κ2) is 13.8. The molecule has 0 aliphatic carbocycles. The zero-order valence-electron chi connectivity index (χ0n) is 26.1. The van der Waals surface area contributed by atoms with Gasteiger partial charge in [-0.25, -0.2) is 13.1 Å². The Kier molecular flexibility index (Phi) is 9.73. The number of rotatable bonds is 2. The number of pyridine rings is 1. The van der Waals surface area contributed by atoms with E-state index >= 15 is 0 Å². The fourth-order valence-electron chi connectivity index (χ4n) is 6.32. The summed E-state index contributed by atoms with van der Waals surface area (Å²) in [6, 6.07) is 9.52. The summed E-state index contributed by atoms with van der Waals surface area (Å²) < 4.78 is 75.6. The molecule has 0 spiro atoms. The molecular formula is C32H35F3N6O5S2. The smallest absolute Gasteiger partial charge is 0.447 e. The molecule has 3 N–H and O–H groups in total. The molecular weight excluding hydrogens is 670 g/mol. The maximum atomic E-state index is 13.7. The number of benzene rings is 1. The van der Waals surface area contributed by atoms with Gasteiger partial charge >= 0.3 is 5.51 Å². The third kappa shape index (κ3) is 7.79. The van der Waals surface area contributed by atoms with E-state index in [0.29, 0.717) is 62.3 Å². The highest BCUT2D eigenvalue weighted by atomic mass is 32.2. The SMILES string of the molecule is COc1cc2ccc1NCC#Cc1cc3c(cccn3c1SC(F)(F)F)NC1CCN(CC1)C(=O)[C@@H]1CCN(CCS(=O)(=O)NC2=O)C1. The average molecular weight is 705 g/mol. The summed E-state index contributed by atoms with van der Waals surface area (Å²) >= 11 is -0.229. The Bertz CT molecular complexity index is 1880.